The summed E-state index contributed by atoms with van der Waals surface area (Å²) in [5, 5.41) is 5.21. The number of nitrogens with zero attached hydrogens (tertiary/aromatic N) is 1. The van der Waals surface area contributed by atoms with Crippen LogP contribution in [0.2, 0.25) is 0 Å². The van der Waals surface area contributed by atoms with Gasteiger partial charge in [0, 0.05) is 41.5 Å². The van der Waals surface area contributed by atoms with Crippen LogP contribution in [0.15, 0.2) is 60.7 Å². The van der Waals surface area contributed by atoms with Gasteiger partial charge in [0.25, 0.3) is 0 Å². The number of hydrogen-bond donors (Lipinski definition) is 1. The van der Waals surface area contributed by atoms with Crippen molar-refractivity contribution in [3.8, 4) is 11.5 Å². The molecular weight excluding hydrogens is 448 g/mol. The summed E-state index contributed by atoms with van der Waals surface area (Å²) < 4.78 is 23.0. The third-order valence-electron chi connectivity index (χ3n) is 6.96. The van der Waals surface area contributed by atoms with Crippen molar-refractivity contribution in [2.45, 2.75) is 24.8 Å². The van der Waals surface area contributed by atoms with E-state index in [0.29, 0.717) is 18.7 Å². The van der Waals surface area contributed by atoms with Crippen LogP contribution in [0.25, 0.3) is 0 Å². The number of ether oxygens (including phenoxy) is 4. The second-order valence-corrected chi connectivity index (χ2v) is 8.72. The fourth-order valence-electron chi connectivity index (χ4n) is 5.24. The minimum atomic E-state index is -0.999. The summed E-state index contributed by atoms with van der Waals surface area (Å²) in [5.41, 5.74) is 4.24. The van der Waals surface area contributed by atoms with E-state index in [1.54, 1.807) is 14.2 Å². The predicted octanol–water partition coefficient (Wildman–Crippen LogP) is 4.16. The molecule has 0 saturated carbocycles. The van der Waals surface area contributed by atoms with E-state index in [1.807, 2.05) is 59.7 Å². The first-order chi connectivity index (χ1) is 17.1. The molecule has 0 aliphatic carbocycles. The van der Waals surface area contributed by atoms with Crippen molar-refractivity contribution >= 4 is 11.7 Å². The Labute approximate surface area is 203 Å². The fourth-order valence-corrected chi connectivity index (χ4v) is 5.24. The Morgan fingerprint density at radius 1 is 1.09 bits per heavy atom. The Morgan fingerprint density at radius 2 is 1.97 bits per heavy atom. The van der Waals surface area contributed by atoms with E-state index in [2.05, 4.69) is 11.4 Å². The molecule has 3 aromatic carbocycles. The molecule has 1 fully saturated rings. The van der Waals surface area contributed by atoms with E-state index in [9.17, 15) is 4.79 Å². The molecule has 0 radical (unpaired) electrons. The number of anilines is 1. The minimum absolute atomic E-state index is 0.112. The highest BCUT2D eigenvalue weighted by Gasteiger charge is 2.59. The molecule has 0 spiro atoms. The number of carbonyl (C=O) groups is 1. The van der Waals surface area contributed by atoms with Gasteiger partial charge in [-0.2, -0.15) is 0 Å². The summed E-state index contributed by atoms with van der Waals surface area (Å²) in [7, 11) is 3.25. The first-order valence-electron chi connectivity index (χ1n) is 11.6. The molecule has 3 heterocycles. The number of fused-ring (bicyclic) bond motifs is 4. The molecule has 0 aromatic heterocycles. The molecule has 6 rings (SSSR count). The first kappa shape index (κ1) is 21.9. The normalized spacial score (nSPS) is 22.7. The van der Waals surface area contributed by atoms with Crippen LogP contribution in [-0.4, -0.2) is 38.6 Å². The Morgan fingerprint density at radius 3 is 2.83 bits per heavy atom. The quantitative estimate of drug-likeness (QED) is 0.534. The van der Waals surface area contributed by atoms with Crippen molar-refractivity contribution in [1.29, 1.82) is 0 Å². The summed E-state index contributed by atoms with van der Waals surface area (Å²) >= 11 is 0. The lowest BCUT2D eigenvalue weighted by molar-refractivity contribution is -0.229. The van der Waals surface area contributed by atoms with Gasteiger partial charge in [0.1, 0.15) is 11.5 Å². The highest BCUT2D eigenvalue weighted by molar-refractivity contribution is 5.95. The fraction of sp³-hybridized carbons (Fsp3) is 0.296. The van der Waals surface area contributed by atoms with Crippen molar-refractivity contribution in [1.82, 2.24) is 5.06 Å². The second-order valence-electron chi connectivity index (χ2n) is 8.72. The highest BCUT2D eigenvalue weighted by Crippen LogP contribution is 2.53. The average Bonchev–Trinajstić information content (AvgIpc) is 3.49. The molecule has 2 unspecified atom stereocenters. The molecule has 35 heavy (non-hydrogen) atoms. The van der Waals surface area contributed by atoms with Crippen LogP contribution >= 0.6 is 0 Å². The van der Waals surface area contributed by atoms with Crippen molar-refractivity contribution < 1.29 is 28.6 Å². The van der Waals surface area contributed by atoms with E-state index < -0.39 is 11.8 Å². The van der Waals surface area contributed by atoms with Gasteiger partial charge in [-0.25, -0.2) is 4.79 Å². The van der Waals surface area contributed by atoms with Crippen LogP contribution < -0.4 is 14.8 Å². The molecule has 0 amide bonds. The van der Waals surface area contributed by atoms with Crippen LogP contribution in [0.4, 0.5) is 5.69 Å². The summed E-state index contributed by atoms with van der Waals surface area (Å²) in [5.74, 6) is 1.09. The summed E-state index contributed by atoms with van der Waals surface area (Å²) in [6, 6.07) is 19.5. The Kier molecular flexibility index (Phi) is 5.36. The molecule has 0 bridgehead atoms. The zero-order chi connectivity index (χ0) is 24.0. The summed E-state index contributed by atoms with van der Waals surface area (Å²) in [4.78, 5) is 18.8. The largest absolute Gasteiger partial charge is 0.497 e. The van der Waals surface area contributed by atoms with Crippen LogP contribution in [-0.2, 0) is 33.0 Å². The Bertz CT molecular complexity index is 1290. The van der Waals surface area contributed by atoms with Crippen LogP contribution in [0, 0.1) is 0 Å². The van der Waals surface area contributed by atoms with Gasteiger partial charge in [0.05, 0.1) is 19.8 Å². The number of carbonyl (C=O) groups excluding carboxylic acids is 1. The maximum absolute atomic E-state index is 13.0. The van der Waals surface area contributed by atoms with Gasteiger partial charge in [-0.3, -0.25) is 4.84 Å². The molecule has 1 saturated heterocycles. The molecule has 180 valence electrons. The lowest BCUT2D eigenvalue weighted by atomic mass is 9.84. The van der Waals surface area contributed by atoms with Crippen LogP contribution in [0.5, 0.6) is 11.5 Å². The van der Waals surface area contributed by atoms with E-state index >= 15 is 0 Å². The van der Waals surface area contributed by atoms with Gasteiger partial charge in [0.15, 0.2) is 12.9 Å². The summed E-state index contributed by atoms with van der Waals surface area (Å²) in [6.07, 6.45) is 0.205. The molecule has 1 N–H and O–H groups in total. The molecule has 8 heteroatoms. The predicted molar refractivity (Wildman–Crippen MR) is 127 cm³/mol. The lowest BCUT2D eigenvalue weighted by Crippen LogP contribution is -2.50. The van der Waals surface area contributed by atoms with Gasteiger partial charge >= 0.3 is 5.97 Å². The number of benzene rings is 3. The van der Waals surface area contributed by atoms with Gasteiger partial charge < -0.3 is 24.3 Å². The van der Waals surface area contributed by atoms with E-state index in [0.717, 1.165) is 40.3 Å². The lowest BCUT2D eigenvalue weighted by Gasteiger charge is -2.42. The zero-order valence-electron chi connectivity index (χ0n) is 19.6. The number of methoxy groups -OCH3 is 2. The molecule has 3 aliphatic rings. The molecular formula is C27H26N2O6. The number of cyclic esters (lactones) is 1. The maximum atomic E-state index is 13.0. The third kappa shape index (κ3) is 3.44. The average molecular weight is 475 g/mol. The SMILES string of the molecule is COc1ccc(CNc2ccc3c(c2)C(=O)OC3C23OCON2CCc2ccccc23)c(OC)c1. The number of rotatable bonds is 6. The maximum Gasteiger partial charge on any atom is 0.339 e. The summed E-state index contributed by atoms with van der Waals surface area (Å²) in [6.45, 7) is 1.29. The highest BCUT2D eigenvalue weighted by atomic mass is 16.9. The topological polar surface area (TPSA) is 78.5 Å². The van der Waals surface area contributed by atoms with E-state index in [1.165, 1.54) is 5.56 Å². The standard InChI is InChI=1S/C27H26N2O6/c1-31-20-9-7-18(24(14-20)32-2)15-28-19-8-10-21-22(13-19)26(30)35-25(21)27-23-6-4-3-5-17(23)11-12-29(27)34-16-33-27/h3-10,13-14,25,28H,11-12,15-16H2,1-2H3. The van der Waals surface area contributed by atoms with Gasteiger partial charge in [-0.15, -0.1) is 5.06 Å². The third-order valence-corrected chi connectivity index (χ3v) is 6.96. The zero-order valence-corrected chi connectivity index (χ0v) is 19.6. The monoisotopic (exact) mass is 474 g/mol. The molecule has 2 atom stereocenters. The van der Waals surface area contributed by atoms with Crippen molar-refractivity contribution in [2.75, 3.05) is 32.9 Å². The van der Waals surface area contributed by atoms with E-state index in [4.69, 9.17) is 23.8 Å². The number of hydrogen-bond acceptors (Lipinski definition) is 8. The Balaban J connectivity index is 1.30. The second kappa shape index (κ2) is 8.57. The van der Waals surface area contributed by atoms with E-state index in [-0.39, 0.29) is 12.8 Å². The van der Waals surface area contributed by atoms with Gasteiger partial charge in [-0.1, -0.05) is 30.3 Å². The first-order valence-corrected chi connectivity index (χ1v) is 11.6. The number of hydroxylamine groups is 2. The number of esters is 1. The van der Waals surface area contributed by atoms with Gasteiger partial charge in [0.2, 0.25) is 5.72 Å². The molecule has 3 aliphatic heterocycles. The number of nitrogens with one attached hydrogen (secondary N) is 1. The molecule has 8 nitrogen and oxygen atoms in total. The van der Waals surface area contributed by atoms with Crippen LogP contribution in [0.3, 0.4) is 0 Å². The van der Waals surface area contributed by atoms with Crippen molar-refractivity contribution in [3.63, 3.8) is 0 Å². The molecule has 3 aromatic rings. The van der Waals surface area contributed by atoms with Gasteiger partial charge in [-0.05, 0) is 36.2 Å². The smallest absolute Gasteiger partial charge is 0.339 e. The van der Waals surface area contributed by atoms with Crippen LogP contribution in [0.1, 0.15) is 38.7 Å². The van der Waals surface area contributed by atoms with Crippen molar-refractivity contribution in [2.24, 2.45) is 0 Å². The minimum Gasteiger partial charge on any atom is -0.497 e. The van der Waals surface area contributed by atoms with Crippen molar-refractivity contribution in [3.05, 3.63) is 88.5 Å². The Hall–Kier alpha value is -3.59.